The topological polar surface area (TPSA) is 39.1 Å². The first-order valence-corrected chi connectivity index (χ1v) is 10.7. The minimum atomic E-state index is -0.458. The van der Waals surface area contributed by atoms with E-state index in [4.69, 9.17) is 0 Å². The van der Waals surface area contributed by atoms with Gasteiger partial charge in [0.1, 0.15) is 17.2 Å². The summed E-state index contributed by atoms with van der Waals surface area (Å²) in [6, 6.07) is 7.07. The smallest absolute Gasteiger partial charge is 0.350 e. The van der Waals surface area contributed by atoms with Gasteiger partial charge in [-0.1, -0.05) is 13.0 Å². The predicted molar refractivity (Wildman–Crippen MR) is 108 cm³/mol. The number of anilines is 1. The molecule has 5 rings (SSSR count). The van der Waals surface area contributed by atoms with Gasteiger partial charge in [-0.25, -0.2) is 9.18 Å². The van der Waals surface area contributed by atoms with Gasteiger partial charge in [-0.2, -0.15) is 4.99 Å². The second-order valence-electron chi connectivity index (χ2n) is 8.98. The summed E-state index contributed by atoms with van der Waals surface area (Å²) in [6.07, 6.45) is 5.41. The van der Waals surface area contributed by atoms with Crippen molar-refractivity contribution >= 4 is 17.6 Å². The highest BCUT2D eigenvalue weighted by molar-refractivity contribution is 6.16. The molecule has 0 N–H and O–H groups in total. The summed E-state index contributed by atoms with van der Waals surface area (Å²) in [5.41, 5.74) is 0.172. The van der Waals surface area contributed by atoms with Gasteiger partial charge in [0.05, 0.1) is 0 Å². The fourth-order valence-corrected chi connectivity index (χ4v) is 6.16. The molecule has 1 aromatic carbocycles. The van der Waals surface area contributed by atoms with E-state index in [0.717, 1.165) is 44.2 Å². The number of nitrogens with zero attached hydrogens (tertiary/aromatic N) is 4. The summed E-state index contributed by atoms with van der Waals surface area (Å²) in [5.74, 6) is 1.38. The molecule has 3 fully saturated rings. The molecule has 1 aliphatic carbocycles. The molecule has 6 heteroatoms. The number of amides is 2. The van der Waals surface area contributed by atoms with E-state index < -0.39 is 5.54 Å². The van der Waals surface area contributed by atoms with Crippen LogP contribution in [0.4, 0.5) is 14.9 Å². The number of amidine groups is 1. The summed E-state index contributed by atoms with van der Waals surface area (Å²) in [4.78, 5) is 24.5. The SMILES string of the molecule is CCN1CC[C@@]2(C[C@@H]1C)C(N1CC3CCC1C3)=NC(=O)N2c1cccc(F)c1. The van der Waals surface area contributed by atoms with E-state index >= 15 is 0 Å². The molecule has 5 nitrogen and oxygen atoms in total. The zero-order valence-electron chi connectivity index (χ0n) is 16.8. The largest absolute Gasteiger partial charge is 0.355 e. The first-order chi connectivity index (χ1) is 13.5. The van der Waals surface area contributed by atoms with Crippen LogP contribution in [0.2, 0.25) is 0 Å². The molecule has 28 heavy (non-hydrogen) atoms. The zero-order chi connectivity index (χ0) is 19.5. The Bertz CT molecular complexity index is 827. The Kier molecular flexibility index (Phi) is 4.23. The van der Waals surface area contributed by atoms with Crippen LogP contribution in [-0.2, 0) is 0 Å². The average Bonchev–Trinajstić information content (AvgIpc) is 3.35. The second-order valence-corrected chi connectivity index (χ2v) is 8.98. The predicted octanol–water partition coefficient (Wildman–Crippen LogP) is 3.89. The van der Waals surface area contributed by atoms with E-state index in [0.29, 0.717) is 17.8 Å². The van der Waals surface area contributed by atoms with Crippen molar-refractivity contribution in [3.8, 4) is 0 Å². The standard InChI is InChI=1S/C22H29FN4O/c1-3-25-10-9-22(13-15(25)2)20(26-14-16-7-8-18(26)11-16)24-21(28)27(22)19-6-4-5-17(23)12-19/h4-6,12,15-16,18H,3,7-11,13-14H2,1-2H3/t15-,16?,18?,22+/m0/s1. The maximum absolute atomic E-state index is 14.0. The van der Waals surface area contributed by atoms with Crippen molar-refractivity contribution in [2.24, 2.45) is 10.9 Å². The number of hydrogen-bond donors (Lipinski definition) is 0. The number of urea groups is 1. The van der Waals surface area contributed by atoms with Gasteiger partial charge >= 0.3 is 6.03 Å². The van der Waals surface area contributed by atoms with E-state index in [-0.39, 0.29) is 11.8 Å². The Hall–Kier alpha value is -1.95. The van der Waals surface area contributed by atoms with E-state index in [1.165, 1.54) is 31.4 Å². The van der Waals surface area contributed by atoms with Crippen LogP contribution in [0.15, 0.2) is 29.3 Å². The summed E-state index contributed by atoms with van der Waals surface area (Å²) >= 11 is 0. The minimum Gasteiger partial charge on any atom is -0.355 e. The number of hydrogen-bond acceptors (Lipinski definition) is 3. The Morgan fingerprint density at radius 2 is 2.18 bits per heavy atom. The van der Waals surface area contributed by atoms with Crippen LogP contribution in [0.1, 0.15) is 46.0 Å². The first-order valence-electron chi connectivity index (χ1n) is 10.7. The van der Waals surface area contributed by atoms with Crippen LogP contribution >= 0.6 is 0 Å². The highest BCUT2D eigenvalue weighted by atomic mass is 19.1. The van der Waals surface area contributed by atoms with Crippen molar-refractivity contribution in [1.29, 1.82) is 0 Å². The Labute approximate surface area is 166 Å². The Morgan fingerprint density at radius 1 is 1.32 bits per heavy atom. The number of aliphatic imine (C=N–C) groups is 1. The number of carbonyl (C=O) groups excluding carboxylic acids is 1. The monoisotopic (exact) mass is 384 g/mol. The Balaban J connectivity index is 1.57. The average molecular weight is 384 g/mol. The summed E-state index contributed by atoms with van der Waals surface area (Å²) in [5, 5.41) is 0. The van der Waals surface area contributed by atoms with Gasteiger partial charge in [0.15, 0.2) is 0 Å². The van der Waals surface area contributed by atoms with E-state index in [1.807, 2.05) is 6.07 Å². The molecule has 4 atom stereocenters. The van der Waals surface area contributed by atoms with E-state index in [1.54, 1.807) is 11.0 Å². The third-order valence-corrected chi connectivity index (χ3v) is 7.46. The number of benzene rings is 1. The molecule has 0 aromatic heterocycles. The number of halogens is 1. The lowest BCUT2D eigenvalue weighted by Crippen LogP contribution is -2.64. The van der Waals surface area contributed by atoms with Gasteiger partial charge in [-0.15, -0.1) is 0 Å². The molecule has 1 spiro atoms. The molecule has 150 valence electrons. The van der Waals surface area contributed by atoms with Gasteiger partial charge in [-0.05, 0) is 69.7 Å². The highest BCUT2D eigenvalue weighted by Gasteiger charge is 2.57. The van der Waals surface area contributed by atoms with Gasteiger partial charge < -0.3 is 9.80 Å². The summed E-state index contributed by atoms with van der Waals surface area (Å²) in [7, 11) is 0. The van der Waals surface area contributed by atoms with Crippen molar-refractivity contribution in [3.05, 3.63) is 30.1 Å². The summed E-state index contributed by atoms with van der Waals surface area (Å²) < 4.78 is 14.0. The van der Waals surface area contributed by atoms with Crippen molar-refractivity contribution in [2.75, 3.05) is 24.5 Å². The number of likely N-dealkylation sites (tertiary alicyclic amines) is 2. The molecule has 3 heterocycles. The van der Waals surface area contributed by atoms with Crippen LogP contribution in [0, 0.1) is 11.7 Å². The lowest BCUT2D eigenvalue weighted by atomic mass is 9.80. The van der Waals surface area contributed by atoms with Gasteiger partial charge in [-0.3, -0.25) is 4.90 Å². The molecule has 2 amide bonds. The molecule has 1 saturated carbocycles. The van der Waals surface area contributed by atoms with Crippen molar-refractivity contribution in [1.82, 2.24) is 9.80 Å². The van der Waals surface area contributed by atoms with Crippen LogP contribution < -0.4 is 4.90 Å². The zero-order valence-corrected chi connectivity index (χ0v) is 16.8. The third kappa shape index (κ3) is 2.60. The van der Waals surface area contributed by atoms with Crippen LogP contribution in [0.5, 0.6) is 0 Å². The van der Waals surface area contributed by atoms with Crippen molar-refractivity contribution in [3.63, 3.8) is 0 Å². The summed E-state index contributed by atoms with van der Waals surface area (Å²) in [6.45, 7) is 7.38. The molecular weight excluding hydrogens is 355 g/mol. The quantitative estimate of drug-likeness (QED) is 0.777. The lowest BCUT2D eigenvalue weighted by Gasteiger charge is -2.50. The molecule has 2 saturated heterocycles. The highest BCUT2D eigenvalue weighted by Crippen LogP contribution is 2.46. The Morgan fingerprint density at radius 3 is 2.82 bits per heavy atom. The molecular formula is C22H29FN4O. The third-order valence-electron chi connectivity index (χ3n) is 7.46. The number of fused-ring (bicyclic) bond motifs is 2. The first kappa shape index (κ1) is 18.1. The van der Waals surface area contributed by atoms with Crippen LogP contribution in [-0.4, -0.2) is 58.9 Å². The van der Waals surface area contributed by atoms with Crippen molar-refractivity contribution < 1.29 is 9.18 Å². The maximum Gasteiger partial charge on any atom is 0.350 e. The van der Waals surface area contributed by atoms with Crippen LogP contribution in [0.25, 0.3) is 0 Å². The minimum absolute atomic E-state index is 0.236. The maximum atomic E-state index is 14.0. The normalized spacial score (nSPS) is 35.3. The molecule has 2 unspecified atom stereocenters. The molecule has 4 aliphatic rings. The molecule has 3 aliphatic heterocycles. The van der Waals surface area contributed by atoms with Gasteiger partial charge in [0, 0.05) is 30.9 Å². The fourth-order valence-electron chi connectivity index (χ4n) is 6.16. The number of piperidine rings is 2. The van der Waals surface area contributed by atoms with Gasteiger partial charge in [0.2, 0.25) is 0 Å². The lowest BCUT2D eigenvalue weighted by molar-refractivity contribution is 0.131. The number of carbonyl (C=O) groups is 1. The molecule has 1 aromatic rings. The second kappa shape index (κ2) is 6.55. The van der Waals surface area contributed by atoms with Gasteiger partial charge in [0.25, 0.3) is 0 Å². The van der Waals surface area contributed by atoms with Crippen LogP contribution in [0.3, 0.4) is 0 Å². The van der Waals surface area contributed by atoms with Crippen molar-refractivity contribution in [2.45, 2.75) is 63.6 Å². The van der Waals surface area contributed by atoms with E-state index in [2.05, 4.69) is 28.6 Å². The van der Waals surface area contributed by atoms with E-state index in [9.17, 15) is 9.18 Å². The molecule has 2 bridgehead atoms. The molecule has 0 radical (unpaired) electrons. The fraction of sp³-hybridized carbons (Fsp3) is 0.636. The number of rotatable bonds is 2.